The second-order valence-corrected chi connectivity index (χ2v) is 9.11. The summed E-state index contributed by atoms with van der Waals surface area (Å²) in [5, 5.41) is 8.68. The lowest BCUT2D eigenvalue weighted by molar-refractivity contribution is 0.123. The van der Waals surface area contributed by atoms with Crippen LogP contribution in [0.4, 0.5) is 0 Å². The Hall–Kier alpha value is -3.10. The van der Waals surface area contributed by atoms with Crippen LogP contribution in [-0.4, -0.2) is 59.8 Å². The summed E-state index contributed by atoms with van der Waals surface area (Å²) in [5.74, 6) is 1.49. The summed E-state index contributed by atoms with van der Waals surface area (Å²) in [4.78, 5) is 8.96. The molecule has 0 aliphatic rings. The maximum Gasteiger partial charge on any atom is 0.137 e. The van der Waals surface area contributed by atoms with Crippen molar-refractivity contribution >= 4 is 0 Å². The molecule has 0 saturated heterocycles. The third kappa shape index (κ3) is 11.1. The predicted molar refractivity (Wildman–Crippen MR) is 149 cm³/mol. The zero-order chi connectivity index (χ0) is 26.7. The molecule has 0 amide bonds. The van der Waals surface area contributed by atoms with Gasteiger partial charge in [-0.2, -0.15) is 0 Å². The summed E-state index contributed by atoms with van der Waals surface area (Å²) >= 11 is 0. The van der Waals surface area contributed by atoms with Crippen molar-refractivity contribution in [3.05, 3.63) is 48.8 Å². The fraction of sp³-hybridized carbons (Fsp3) is 0.533. The Bertz CT molecular complexity index is 916. The van der Waals surface area contributed by atoms with Crippen molar-refractivity contribution in [1.82, 2.24) is 20.2 Å². The number of rotatable bonds is 20. The van der Waals surface area contributed by atoms with Crippen LogP contribution in [-0.2, 0) is 9.47 Å². The van der Waals surface area contributed by atoms with Gasteiger partial charge in [-0.3, -0.25) is 9.97 Å². The van der Waals surface area contributed by atoms with E-state index in [2.05, 4.69) is 34.0 Å². The lowest BCUT2D eigenvalue weighted by atomic mass is 10.2. The molecule has 0 bridgehead atoms. The van der Waals surface area contributed by atoms with Crippen LogP contribution in [0.1, 0.15) is 65.2 Å². The summed E-state index contributed by atoms with van der Waals surface area (Å²) in [6, 6.07) is 11.4. The molecule has 0 aliphatic carbocycles. The first-order valence-corrected chi connectivity index (χ1v) is 14.0. The number of hydrogen-bond donors (Lipinski definition) is 0. The standard InChI is InChI=1S/C30H42N4O4/c1-3-5-17-35-19-7-9-21-37-25-11-13-27(31-23-25)29-15-16-30(34-33-29)28-14-12-26(24-32-28)38-22-10-8-20-36-18-6-4-2/h11-16,23-24H,3-10,17-22H2,1-2H3. The van der Waals surface area contributed by atoms with Gasteiger partial charge in [0.2, 0.25) is 0 Å². The lowest BCUT2D eigenvalue weighted by Crippen LogP contribution is -2.02. The molecular weight excluding hydrogens is 480 g/mol. The molecule has 0 unspecified atom stereocenters. The quantitative estimate of drug-likeness (QED) is 0.154. The van der Waals surface area contributed by atoms with Gasteiger partial charge in [0.25, 0.3) is 0 Å². The van der Waals surface area contributed by atoms with Gasteiger partial charge in [0.1, 0.15) is 22.9 Å². The predicted octanol–water partition coefficient (Wildman–Crippen LogP) is 6.55. The summed E-state index contributed by atoms with van der Waals surface area (Å²) in [5.41, 5.74) is 2.88. The fourth-order valence-corrected chi connectivity index (χ4v) is 3.53. The molecule has 3 aromatic rings. The Morgan fingerprint density at radius 2 is 0.868 bits per heavy atom. The third-order valence-electron chi connectivity index (χ3n) is 5.85. The van der Waals surface area contributed by atoms with E-state index in [9.17, 15) is 0 Å². The largest absolute Gasteiger partial charge is 0.492 e. The van der Waals surface area contributed by atoms with Crippen molar-refractivity contribution in [2.75, 3.05) is 39.6 Å². The van der Waals surface area contributed by atoms with Crippen molar-refractivity contribution in [2.45, 2.75) is 65.2 Å². The zero-order valence-electron chi connectivity index (χ0n) is 22.9. The van der Waals surface area contributed by atoms with Gasteiger partial charge in [0.15, 0.2) is 0 Å². The zero-order valence-corrected chi connectivity index (χ0v) is 22.9. The van der Waals surface area contributed by atoms with Crippen LogP contribution < -0.4 is 9.47 Å². The number of hydrogen-bond acceptors (Lipinski definition) is 8. The molecule has 0 saturated carbocycles. The first-order chi connectivity index (χ1) is 18.8. The average molecular weight is 523 g/mol. The molecule has 8 heteroatoms. The first kappa shape index (κ1) is 29.5. The molecule has 3 aromatic heterocycles. The van der Waals surface area contributed by atoms with Gasteiger partial charge >= 0.3 is 0 Å². The van der Waals surface area contributed by atoms with Gasteiger partial charge < -0.3 is 18.9 Å². The molecule has 0 aromatic carbocycles. The summed E-state index contributed by atoms with van der Waals surface area (Å²) in [7, 11) is 0. The SMILES string of the molecule is CCCCOCCCCOc1ccc(-c2ccc(-c3ccc(OCCCCOCCCC)cn3)nn2)nc1. The molecule has 206 valence electrons. The second-order valence-electron chi connectivity index (χ2n) is 9.11. The highest BCUT2D eigenvalue weighted by Gasteiger charge is 2.07. The van der Waals surface area contributed by atoms with E-state index in [0.717, 1.165) is 87.8 Å². The highest BCUT2D eigenvalue weighted by Crippen LogP contribution is 2.21. The monoisotopic (exact) mass is 522 g/mol. The van der Waals surface area contributed by atoms with Crippen LogP contribution in [0.25, 0.3) is 22.8 Å². The first-order valence-electron chi connectivity index (χ1n) is 14.0. The summed E-state index contributed by atoms with van der Waals surface area (Å²) < 4.78 is 22.7. The van der Waals surface area contributed by atoms with Crippen LogP contribution in [0.3, 0.4) is 0 Å². The van der Waals surface area contributed by atoms with Crippen molar-refractivity contribution in [3.8, 4) is 34.3 Å². The highest BCUT2D eigenvalue weighted by molar-refractivity contribution is 5.59. The number of nitrogens with zero attached hydrogens (tertiary/aromatic N) is 4. The summed E-state index contributed by atoms with van der Waals surface area (Å²) in [6.45, 7) is 8.91. The van der Waals surface area contributed by atoms with E-state index in [4.69, 9.17) is 18.9 Å². The van der Waals surface area contributed by atoms with E-state index in [1.807, 2.05) is 36.4 Å². The van der Waals surface area contributed by atoms with E-state index in [1.54, 1.807) is 12.4 Å². The smallest absolute Gasteiger partial charge is 0.137 e. The Morgan fingerprint density at radius 1 is 0.474 bits per heavy atom. The van der Waals surface area contributed by atoms with E-state index in [-0.39, 0.29) is 0 Å². The molecular formula is C30H42N4O4. The normalized spacial score (nSPS) is 11.0. The van der Waals surface area contributed by atoms with Crippen molar-refractivity contribution in [2.24, 2.45) is 0 Å². The Kier molecular flexibility index (Phi) is 14.1. The highest BCUT2D eigenvalue weighted by atomic mass is 16.5. The van der Waals surface area contributed by atoms with Gasteiger partial charge in [-0.05, 0) is 74.9 Å². The Balaban J connectivity index is 1.37. The Morgan fingerprint density at radius 3 is 1.24 bits per heavy atom. The van der Waals surface area contributed by atoms with Gasteiger partial charge in [0.05, 0.1) is 37.0 Å². The minimum absolute atomic E-state index is 0.650. The maximum atomic E-state index is 5.79. The molecule has 0 fully saturated rings. The van der Waals surface area contributed by atoms with Crippen molar-refractivity contribution in [1.29, 1.82) is 0 Å². The van der Waals surface area contributed by atoms with E-state index in [0.29, 0.717) is 24.6 Å². The van der Waals surface area contributed by atoms with E-state index >= 15 is 0 Å². The number of unbranched alkanes of at least 4 members (excludes halogenated alkanes) is 4. The molecule has 0 atom stereocenters. The van der Waals surface area contributed by atoms with Gasteiger partial charge in [-0.25, -0.2) is 0 Å². The van der Waals surface area contributed by atoms with Crippen molar-refractivity contribution < 1.29 is 18.9 Å². The molecule has 3 rings (SSSR count). The van der Waals surface area contributed by atoms with Crippen molar-refractivity contribution in [3.63, 3.8) is 0 Å². The minimum Gasteiger partial charge on any atom is -0.492 e. The lowest BCUT2D eigenvalue weighted by Gasteiger charge is -2.08. The van der Waals surface area contributed by atoms with Crippen LogP contribution in [0.15, 0.2) is 48.8 Å². The Labute approximate surface area is 227 Å². The van der Waals surface area contributed by atoms with Gasteiger partial charge in [-0.1, -0.05) is 26.7 Å². The average Bonchev–Trinajstić information content (AvgIpc) is 2.97. The molecule has 0 spiro atoms. The van der Waals surface area contributed by atoms with E-state index in [1.165, 1.54) is 12.8 Å². The minimum atomic E-state index is 0.650. The maximum absolute atomic E-state index is 5.79. The van der Waals surface area contributed by atoms with Crippen LogP contribution in [0.5, 0.6) is 11.5 Å². The van der Waals surface area contributed by atoms with Gasteiger partial charge in [0, 0.05) is 26.4 Å². The molecule has 0 aliphatic heterocycles. The third-order valence-corrected chi connectivity index (χ3v) is 5.85. The molecule has 3 heterocycles. The number of ether oxygens (including phenoxy) is 4. The molecule has 8 nitrogen and oxygen atoms in total. The number of pyridine rings is 2. The molecule has 0 N–H and O–H groups in total. The molecule has 0 radical (unpaired) electrons. The van der Waals surface area contributed by atoms with Crippen LogP contribution in [0.2, 0.25) is 0 Å². The van der Waals surface area contributed by atoms with Crippen LogP contribution in [0, 0.1) is 0 Å². The second kappa shape index (κ2) is 18.2. The molecule has 38 heavy (non-hydrogen) atoms. The fourth-order valence-electron chi connectivity index (χ4n) is 3.53. The van der Waals surface area contributed by atoms with Crippen LogP contribution >= 0.6 is 0 Å². The summed E-state index contributed by atoms with van der Waals surface area (Å²) in [6.07, 6.45) is 11.9. The van der Waals surface area contributed by atoms with Gasteiger partial charge in [-0.15, -0.1) is 10.2 Å². The topological polar surface area (TPSA) is 88.5 Å². The number of aromatic nitrogens is 4. The van der Waals surface area contributed by atoms with E-state index < -0.39 is 0 Å².